The molecule has 0 aliphatic heterocycles. The minimum Gasteiger partial charge on any atom is -0.497 e. The van der Waals surface area contributed by atoms with E-state index in [9.17, 15) is 13.2 Å². The first-order chi connectivity index (χ1) is 12.9. The molecule has 2 aromatic carbocycles. The fourth-order valence-corrected chi connectivity index (χ4v) is 3.27. The van der Waals surface area contributed by atoms with E-state index in [2.05, 4.69) is 10.0 Å². The second kappa shape index (κ2) is 9.36. The summed E-state index contributed by atoms with van der Waals surface area (Å²) >= 11 is 0. The fourth-order valence-electron chi connectivity index (χ4n) is 2.25. The molecule has 146 valence electrons. The van der Waals surface area contributed by atoms with Crippen LogP contribution < -0.4 is 19.5 Å². The Morgan fingerprint density at radius 1 is 1.00 bits per heavy atom. The van der Waals surface area contributed by atoms with Crippen LogP contribution in [0, 0.1) is 0 Å². The molecule has 2 aromatic rings. The Bertz CT molecular complexity index is 881. The smallest absolute Gasteiger partial charge is 0.255 e. The lowest BCUT2D eigenvalue weighted by molar-refractivity contribution is 0.102. The molecule has 0 saturated carbocycles. The SMILES string of the molecule is COCCNS(=O)(=O)c1ccc(C(=O)Nc2cc(OC)ccc2OC)cc1. The molecule has 0 aliphatic carbocycles. The van der Waals surface area contributed by atoms with Crippen molar-refractivity contribution in [3.63, 3.8) is 0 Å². The lowest BCUT2D eigenvalue weighted by Crippen LogP contribution is -2.27. The molecule has 0 unspecified atom stereocenters. The quantitative estimate of drug-likeness (QED) is 0.630. The van der Waals surface area contributed by atoms with Gasteiger partial charge in [0.05, 0.1) is 31.4 Å². The molecular weight excluding hydrogens is 372 g/mol. The summed E-state index contributed by atoms with van der Waals surface area (Å²) in [4.78, 5) is 12.5. The van der Waals surface area contributed by atoms with Gasteiger partial charge in [-0.05, 0) is 36.4 Å². The number of hydrogen-bond acceptors (Lipinski definition) is 6. The zero-order chi connectivity index (χ0) is 19.9. The second-order valence-electron chi connectivity index (χ2n) is 5.44. The highest BCUT2D eigenvalue weighted by atomic mass is 32.2. The number of carbonyl (C=O) groups excluding carboxylic acids is 1. The number of amides is 1. The van der Waals surface area contributed by atoms with E-state index in [0.717, 1.165) is 0 Å². The summed E-state index contributed by atoms with van der Waals surface area (Å²) in [5, 5.41) is 2.73. The van der Waals surface area contributed by atoms with Crippen LogP contribution in [0.5, 0.6) is 11.5 Å². The maximum Gasteiger partial charge on any atom is 0.255 e. The van der Waals surface area contributed by atoms with Gasteiger partial charge in [0.1, 0.15) is 11.5 Å². The van der Waals surface area contributed by atoms with E-state index in [1.54, 1.807) is 18.2 Å². The summed E-state index contributed by atoms with van der Waals surface area (Å²) in [6.07, 6.45) is 0. The average molecular weight is 394 g/mol. The highest BCUT2D eigenvalue weighted by Gasteiger charge is 2.15. The first kappa shape index (κ1) is 20.7. The van der Waals surface area contributed by atoms with E-state index in [1.807, 2.05) is 0 Å². The molecule has 0 fully saturated rings. The van der Waals surface area contributed by atoms with Crippen LogP contribution in [0.4, 0.5) is 5.69 Å². The third-order valence-corrected chi connectivity index (χ3v) is 5.16. The van der Waals surface area contributed by atoms with Crippen LogP contribution >= 0.6 is 0 Å². The van der Waals surface area contributed by atoms with Gasteiger partial charge in [0.15, 0.2) is 0 Å². The largest absolute Gasteiger partial charge is 0.497 e. The summed E-state index contributed by atoms with van der Waals surface area (Å²) in [5.41, 5.74) is 0.746. The number of hydrogen-bond donors (Lipinski definition) is 2. The van der Waals surface area contributed by atoms with Crippen molar-refractivity contribution in [2.24, 2.45) is 0 Å². The maximum atomic E-state index is 12.5. The maximum absolute atomic E-state index is 12.5. The van der Waals surface area contributed by atoms with Crippen LogP contribution in [0.3, 0.4) is 0 Å². The predicted octanol–water partition coefficient (Wildman–Crippen LogP) is 1.88. The molecule has 0 aliphatic rings. The van der Waals surface area contributed by atoms with Crippen molar-refractivity contribution in [3.8, 4) is 11.5 Å². The lowest BCUT2D eigenvalue weighted by Gasteiger charge is -2.12. The molecule has 0 spiro atoms. The normalized spacial score (nSPS) is 11.1. The molecular formula is C18H22N2O6S. The molecule has 0 bridgehead atoms. The average Bonchev–Trinajstić information content (AvgIpc) is 2.68. The van der Waals surface area contributed by atoms with Gasteiger partial charge in [-0.1, -0.05) is 0 Å². The number of methoxy groups -OCH3 is 3. The fraction of sp³-hybridized carbons (Fsp3) is 0.278. The van der Waals surface area contributed by atoms with Gasteiger partial charge >= 0.3 is 0 Å². The second-order valence-corrected chi connectivity index (χ2v) is 7.20. The van der Waals surface area contributed by atoms with Crippen molar-refractivity contribution in [1.82, 2.24) is 4.72 Å². The van der Waals surface area contributed by atoms with E-state index < -0.39 is 15.9 Å². The number of sulfonamides is 1. The first-order valence-corrected chi connectivity index (χ1v) is 9.51. The Morgan fingerprint density at radius 2 is 1.70 bits per heavy atom. The zero-order valence-corrected chi connectivity index (χ0v) is 16.1. The van der Waals surface area contributed by atoms with Crippen LogP contribution in [0.15, 0.2) is 47.4 Å². The van der Waals surface area contributed by atoms with Gasteiger partial charge in [-0.15, -0.1) is 0 Å². The number of rotatable bonds is 9. The molecule has 2 rings (SSSR count). The van der Waals surface area contributed by atoms with Crippen LogP contribution in [-0.2, 0) is 14.8 Å². The summed E-state index contributed by atoms with van der Waals surface area (Å²) in [7, 11) is 0.848. The van der Waals surface area contributed by atoms with Crippen LogP contribution in [-0.4, -0.2) is 48.8 Å². The Balaban J connectivity index is 2.14. The molecule has 2 N–H and O–H groups in total. The molecule has 0 atom stereocenters. The van der Waals surface area contributed by atoms with Gasteiger partial charge < -0.3 is 19.5 Å². The molecule has 0 radical (unpaired) electrons. The van der Waals surface area contributed by atoms with Gasteiger partial charge in [0.25, 0.3) is 5.91 Å². The Morgan fingerprint density at radius 3 is 2.30 bits per heavy atom. The zero-order valence-electron chi connectivity index (χ0n) is 15.3. The van der Waals surface area contributed by atoms with Crippen molar-refractivity contribution in [2.45, 2.75) is 4.90 Å². The monoisotopic (exact) mass is 394 g/mol. The number of anilines is 1. The Labute approximate surface area is 158 Å². The van der Waals surface area contributed by atoms with Crippen LogP contribution in [0.1, 0.15) is 10.4 Å². The molecule has 0 saturated heterocycles. The van der Waals surface area contributed by atoms with Crippen molar-refractivity contribution < 1.29 is 27.4 Å². The first-order valence-electron chi connectivity index (χ1n) is 8.03. The van der Waals surface area contributed by atoms with Gasteiger partial charge in [-0.3, -0.25) is 4.79 Å². The highest BCUT2D eigenvalue weighted by Crippen LogP contribution is 2.29. The Hall–Kier alpha value is -2.62. The van der Waals surface area contributed by atoms with E-state index in [-0.39, 0.29) is 18.0 Å². The van der Waals surface area contributed by atoms with Crippen LogP contribution in [0.2, 0.25) is 0 Å². The van der Waals surface area contributed by atoms with E-state index in [1.165, 1.54) is 45.6 Å². The molecule has 1 amide bonds. The van der Waals surface area contributed by atoms with Gasteiger partial charge in [-0.2, -0.15) is 0 Å². The number of ether oxygens (including phenoxy) is 3. The minimum absolute atomic E-state index is 0.0640. The summed E-state index contributed by atoms with van der Waals surface area (Å²) < 4.78 is 41.9. The van der Waals surface area contributed by atoms with Gasteiger partial charge in [0, 0.05) is 25.3 Å². The number of nitrogens with one attached hydrogen (secondary N) is 2. The molecule has 27 heavy (non-hydrogen) atoms. The topological polar surface area (TPSA) is 103 Å². The van der Waals surface area contributed by atoms with Crippen molar-refractivity contribution in [3.05, 3.63) is 48.0 Å². The molecule has 0 heterocycles. The lowest BCUT2D eigenvalue weighted by atomic mass is 10.2. The van der Waals surface area contributed by atoms with E-state index in [0.29, 0.717) is 22.7 Å². The van der Waals surface area contributed by atoms with E-state index in [4.69, 9.17) is 14.2 Å². The predicted molar refractivity (Wildman–Crippen MR) is 101 cm³/mol. The summed E-state index contributed by atoms with van der Waals surface area (Å²) in [6.45, 7) is 0.429. The minimum atomic E-state index is -3.65. The van der Waals surface area contributed by atoms with Crippen molar-refractivity contribution in [1.29, 1.82) is 0 Å². The third-order valence-electron chi connectivity index (χ3n) is 3.68. The third kappa shape index (κ3) is 5.43. The number of benzene rings is 2. The van der Waals surface area contributed by atoms with Crippen molar-refractivity contribution >= 4 is 21.6 Å². The molecule has 8 nitrogen and oxygen atoms in total. The number of carbonyl (C=O) groups is 1. The highest BCUT2D eigenvalue weighted by molar-refractivity contribution is 7.89. The standard InChI is InChI=1S/C18H22N2O6S/c1-24-11-10-19-27(22,23)15-7-4-13(5-8-15)18(21)20-16-12-14(25-2)6-9-17(16)26-3/h4-9,12,19H,10-11H2,1-3H3,(H,20,21). The van der Waals surface area contributed by atoms with Gasteiger partial charge in [0.2, 0.25) is 10.0 Å². The summed E-state index contributed by atoms with van der Waals surface area (Å²) in [5.74, 6) is 0.637. The molecule has 0 aromatic heterocycles. The van der Waals surface area contributed by atoms with E-state index >= 15 is 0 Å². The van der Waals surface area contributed by atoms with Crippen molar-refractivity contribution in [2.75, 3.05) is 39.8 Å². The summed E-state index contributed by atoms with van der Waals surface area (Å²) in [6, 6.07) is 10.6. The van der Waals surface area contributed by atoms with Crippen LogP contribution in [0.25, 0.3) is 0 Å². The molecule has 9 heteroatoms. The van der Waals surface area contributed by atoms with Gasteiger partial charge in [-0.25, -0.2) is 13.1 Å². The Kier molecular flexibility index (Phi) is 7.17.